The molecule has 0 amide bonds. The number of nitrogens with zero attached hydrogens (tertiary/aromatic N) is 1. The number of likely N-dealkylation sites (tertiary alicyclic amines) is 1. The first-order valence-corrected chi connectivity index (χ1v) is 9.08. The summed E-state index contributed by atoms with van der Waals surface area (Å²) in [6.07, 6.45) is 6.89. The molecule has 0 saturated carbocycles. The van der Waals surface area contributed by atoms with E-state index in [-0.39, 0.29) is 0 Å². The van der Waals surface area contributed by atoms with Crippen LogP contribution in [0.15, 0.2) is 47.1 Å². The highest BCUT2D eigenvalue weighted by molar-refractivity contribution is 5.33. The molecule has 130 valence electrons. The van der Waals surface area contributed by atoms with E-state index in [1.807, 2.05) is 18.2 Å². The van der Waals surface area contributed by atoms with Gasteiger partial charge in [0.15, 0.2) is 0 Å². The normalized spacial score (nSPS) is 15.5. The topological polar surface area (TPSA) is 37.6 Å². The maximum absolute atomic E-state index is 6.03. The van der Waals surface area contributed by atoms with Gasteiger partial charge in [-0.3, -0.25) is 0 Å². The molecule has 1 N–H and O–H groups in total. The second-order valence-corrected chi connectivity index (χ2v) is 6.39. The molecule has 1 aliphatic heterocycles. The van der Waals surface area contributed by atoms with E-state index in [0.717, 1.165) is 44.2 Å². The van der Waals surface area contributed by atoms with Gasteiger partial charge in [0.25, 0.3) is 0 Å². The summed E-state index contributed by atoms with van der Waals surface area (Å²) in [7, 11) is 0. The molecular weight excluding hydrogens is 300 g/mol. The van der Waals surface area contributed by atoms with Crippen molar-refractivity contribution in [3.63, 3.8) is 0 Å². The monoisotopic (exact) mass is 328 g/mol. The van der Waals surface area contributed by atoms with Crippen molar-refractivity contribution in [3.05, 3.63) is 54.0 Å². The number of nitrogens with one attached hydrogen (secondary N) is 1. The predicted octanol–water partition coefficient (Wildman–Crippen LogP) is 3.82. The smallest absolute Gasteiger partial charge is 0.123 e. The Hall–Kier alpha value is -1.78. The minimum absolute atomic E-state index is 0.732. The number of hydrogen-bond donors (Lipinski definition) is 1. The Bertz CT molecular complexity index is 577. The number of para-hydroxylation sites is 1. The molecule has 0 atom stereocenters. The van der Waals surface area contributed by atoms with Crippen LogP contribution in [0.5, 0.6) is 5.75 Å². The van der Waals surface area contributed by atoms with Crippen LogP contribution in [0.2, 0.25) is 0 Å². The molecule has 1 aromatic heterocycles. The van der Waals surface area contributed by atoms with Gasteiger partial charge >= 0.3 is 0 Å². The first-order valence-electron chi connectivity index (χ1n) is 9.08. The van der Waals surface area contributed by atoms with Gasteiger partial charge < -0.3 is 19.4 Å². The number of furan rings is 1. The third-order valence-corrected chi connectivity index (χ3v) is 4.49. The SMILES string of the molecule is c1coc(CNCc2ccccc2OCCCN2CCCCC2)c1. The van der Waals surface area contributed by atoms with E-state index in [2.05, 4.69) is 28.4 Å². The highest BCUT2D eigenvalue weighted by Gasteiger charge is 2.09. The molecular formula is C20H28N2O2. The van der Waals surface area contributed by atoms with Gasteiger partial charge in [-0.25, -0.2) is 0 Å². The van der Waals surface area contributed by atoms with Gasteiger partial charge in [0, 0.05) is 18.7 Å². The predicted molar refractivity (Wildman–Crippen MR) is 96.1 cm³/mol. The summed E-state index contributed by atoms with van der Waals surface area (Å²) < 4.78 is 11.4. The van der Waals surface area contributed by atoms with E-state index < -0.39 is 0 Å². The van der Waals surface area contributed by atoms with Gasteiger partial charge in [0.2, 0.25) is 0 Å². The van der Waals surface area contributed by atoms with E-state index in [9.17, 15) is 0 Å². The van der Waals surface area contributed by atoms with Crippen LogP contribution in [-0.4, -0.2) is 31.1 Å². The summed E-state index contributed by atoms with van der Waals surface area (Å²) in [5, 5.41) is 3.40. The Morgan fingerprint density at radius 2 is 1.88 bits per heavy atom. The Morgan fingerprint density at radius 3 is 2.71 bits per heavy atom. The molecule has 0 unspecified atom stereocenters. The second-order valence-electron chi connectivity index (χ2n) is 6.39. The van der Waals surface area contributed by atoms with Crippen molar-refractivity contribution < 1.29 is 9.15 Å². The Balaban J connectivity index is 1.39. The molecule has 1 aliphatic rings. The molecule has 2 aromatic rings. The summed E-state index contributed by atoms with van der Waals surface area (Å²) >= 11 is 0. The average Bonchev–Trinajstić information content (AvgIpc) is 3.14. The lowest BCUT2D eigenvalue weighted by Crippen LogP contribution is -2.31. The minimum atomic E-state index is 0.732. The Morgan fingerprint density at radius 1 is 1.00 bits per heavy atom. The first-order chi connectivity index (χ1) is 11.9. The van der Waals surface area contributed by atoms with E-state index in [0.29, 0.717) is 0 Å². The minimum Gasteiger partial charge on any atom is -0.493 e. The zero-order valence-corrected chi connectivity index (χ0v) is 14.4. The standard InChI is InChI=1S/C20H28N2O2/c1-4-11-22(12-5-1)13-7-15-24-20-10-3-2-8-18(20)16-21-17-19-9-6-14-23-19/h2-3,6,8-10,14,21H,1,4-5,7,11-13,15-17H2. The van der Waals surface area contributed by atoms with Crippen LogP contribution in [0.25, 0.3) is 0 Å². The van der Waals surface area contributed by atoms with Crippen LogP contribution in [0.3, 0.4) is 0 Å². The fraction of sp³-hybridized carbons (Fsp3) is 0.500. The van der Waals surface area contributed by atoms with Gasteiger partial charge in [-0.15, -0.1) is 0 Å². The first kappa shape index (κ1) is 17.1. The average molecular weight is 328 g/mol. The highest BCUT2D eigenvalue weighted by atomic mass is 16.5. The largest absolute Gasteiger partial charge is 0.493 e. The molecule has 2 heterocycles. The van der Waals surface area contributed by atoms with E-state index >= 15 is 0 Å². The van der Waals surface area contributed by atoms with Crippen molar-refractivity contribution in [1.29, 1.82) is 0 Å². The zero-order chi connectivity index (χ0) is 16.5. The molecule has 0 radical (unpaired) electrons. The van der Waals surface area contributed by atoms with Crippen molar-refractivity contribution >= 4 is 0 Å². The van der Waals surface area contributed by atoms with Crippen molar-refractivity contribution in [1.82, 2.24) is 10.2 Å². The van der Waals surface area contributed by atoms with Gasteiger partial charge in [0.05, 0.1) is 19.4 Å². The Kier molecular flexibility index (Phi) is 6.75. The van der Waals surface area contributed by atoms with Gasteiger partial charge in [0.1, 0.15) is 11.5 Å². The maximum Gasteiger partial charge on any atom is 0.123 e. The van der Waals surface area contributed by atoms with Crippen LogP contribution in [-0.2, 0) is 13.1 Å². The summed E-state index contributed by atoms with van der Waals surface area (Å²) in [6, 6.07) is 12.2. The van der Waals surface area contributed by atoms with Crippen LogP contribution in [0, 0.1) is 0 Å². The molecule has 24 heavy (non-hydrogen) atoms. The number of rotatable bonds is 9. The van der Waals surface area contributed by atoms with Crippen molar-refractivity contribution in [2.45, 2.75) is 38.8 Å². The molecule has 0 bridgehead atoms. The molecule has 4 nitrogen and oxygen atoms in total. The molecule has 1 aromatic carbocycles. The van der Waals surface area contributed by atoms with Gasteiger partial charge in [-0.2, -0.15) is 0 Å². The van der Waals surface area contributed by atoms with Crippen molar-refractivity contribution in [2.24, 2.45) is 0 Å². The molecule has 4 heteroatoms. The lowest BCUT2D eigenvalue weighted by atomic mass is 10.1. The summed E-state index contributed by atoms with van der Waals surface area (Å²) in [5.41, 5.74) is 1.20. The molecule has 0 spiro atoms. The summed E-state index contributed by atoms with van der Waals surface area (Å²) in [5.74, 6) is 1.94. The second kappa shape index (κ2) is 9.50. The fourth-order valence-electron chi connectivity index (χ4n) is 3.18. The molecule has 1 saturated heterocycles. The molecule has 1 fully saturated rings. The number of benzene rings is 1. The third-order valence-electron chi connectivity index (χ3n) is 4.49. The highest BCUT2D eigenvalue weighted by Crippen LogP contribution is 2.18. The zero-order valence-electron chi connectivity index (χ0n) is 14.4. The van der Waals surface area contributed by atoms with E-state index in [4.69, 9.17) is 9.15 Å². The maximum atomic E-state index is 6.03. The number of hydrogen-bond acceptors (Lipinski definition) is 4. The Labute approximate surface area is 144 Å². The van der Waals surface area contributed by atoms with Crippen molar-refractivity contribution in [2.75, 3.05) is 26.2 Å². The summed E-state index contributed by atoms with van der Waals surface area (Å²) in [4.78, 5) is 2.56. The third kappa shape index (κ3) is 5.39. The van der Waals surface area contributed by atoms with E-state index in [1.54, 1.807) is 6.26 Å². The molecule has 3 rings (SSSR count). The fourth-order valence-corrected chi connectivity index (χ4v) is 3.18. The van der Waals surface area contributed by atoms with E-state index in [1.165, 1.54) is 37.9 Å². The summed E-state index contributed by atoms with van der Waals surface area (Å²) in [6.45, 7) is 5.96. The van der Waals surface area contributed by atoms with Crippen LogP contribution in [0.4, 0.5) is 0 Å². The quantitative estimate of drug-likeness (QED) is 0.710. The van der Waals surface area contributed by atoms with Gasteiger partial charge in [-0.1, -0.05) is 24.6 Å². The van der Waals surface area contributed by atoms with Gasteiger partial charge in [-0.05, 0) is 50.6 Å². The number of piperidine rings is 1. The lowest BCUT2D eigenvalue weighted by molar-refractivity contribution is 0.204. The van der Waals surface area contributed by atoms with Crippen LogP contribution in [0.1, 0.15) is 37.0 Å². The van der Waals surface area contributed by atoms with Crippen LogP contribution < -0.4 is 10.1 Å². The van der Waals surface area contributed by atoms with Crippen LogP contribution >= 0.6 is 0 Å². The van der Waals surface area contributed by atoms with Crippen molar-refractivity contribution in [3.8, 4) is 5.75 Å². The molecule has 0 aliphatic carbocycles. The lowest BCUT2D eigenvalue weighted by Gasteiger charge is -2.26. The number of ether oxygens (including phenoxy) is 1.